The third kappa shape index (κ3) is 3.04. The third-order valence-corrected chi connectivity index (χ3v) is 2.90. The van der Waals surface area contributed by atoms with Crippen LogP contribution < -0.4 is 4.74 Å². The first-order valence-corrected chi connectivity index (χ1v) is 5.90. The maximum atomic E-state index is 13.4. The number of aliphatic hydroxyl groups excluding tert-OH is 1. The number of nitrogens with zero attached hydrogens (tertiary/aromatic N) is 1. The van der Waals surface area contributed by atoms with Gasteiger partial charge in [0.2, 0.25) is 5.82 Å². The summed E-state index contributed by atoms with van der Waals surface area (Å²) in [6.07, 6.45) is 0. The molecule has 0 amide bonds. The number of aliphatic hydroxyl groups is 1. The lowest BCUT2D eigenvalue weighted by molar-refractivity contribution is -0.387. The largest absolute Gasteiger partial charge is 0.457 e. The van der Waals surface area contributed by atoms with Crippen LogP contribution in [0, 0.1) is 15.9 Å². The van der Waals surface area contributed by atoms with Crippen molar-refractivity contribution in [2.45, 2.75) is 6.61 Å². The summed E-state index contributed by atoms with van der Waals surface area (Å²) in [5.74, 6) is -0.535. The van der Waals surface area contributed by atoms with Gasteiger partial charge in [-0.25, -0.2) is 0 Å². The lowest BCUT2D eigenvalue weighted by Crippen LogP contribution is -1.93. The molecule has 0 bridgehead atoms. The van der Waals surface area contributed by atoms with Crippen molar-refractivity contribution in [1.29, 1.82) is 0 Å². The maximum Gasteiger partial charge on any atom is 0.305 e. The molecule has 2 aromatic carbocycles. The molecule has 0 saturated heterocycles. The zero-order valence-electron chi connectivity index (χ0n) is 10.0. The lowest BCUT2D eigenvalue weighted by atomic mass is 10.2. The van der Waals surface area contributed by atoms with Crippen molar-refractivity contribution in [3.8, 4) is 11.5 Å². The second-order valence-corrected chi connectivity index (χ2v) is 4.29. The first kappa shape index (κ1) is 14.2. The number of nitro groups is 1. The van der Waals surface area contributed by atoms with Crippen molar-refractivity contribution in [2.75, 3.05) is 0 Å². The molecule has 0 spiro atoms. The molecule has 2 aromatic rings. The Morgan fingerprint density at radius 1 is 1.25 bits per heavy atom. The highest BCUT2D eigenvalue weighted by molar-refractivity contribution is 6.31. The number of hydrogen-bond acceptors (Lipinski definition) is 4. The summed E-state index contributed by atoms with van der Waals surface area (Å²) in [4.78, 5) is 9.68. The Balaban J connectivity index is 2.24. The number of hydrogen-bond donors (Lipinski definition) is 1. The third-order valence-electron chi connectivity index (χ3n) is 2.55. The molecular formula is C13H9ClFNO4. The minimum atomic E-state index is -0.981. The van der Waals surface area contributed by atoms with E-state index in [4.69, 9.17) is 21.4 Å². The average Bonchev–Trinajstić information content (AvgIpc) is 2.38. The van der Waals surface area contributed by atoms with Gasteiger partial charge in [0.05, 0.1) is 11.5 Å². The van der Waals surface area contributed by atoms with Crippen LogP contribution in [0.25, 0.3) is 0 Å². The molecule has 0 aromatic heterocycles. The highest BCUT2D eigenvalue weighted by Crippen LogP contribution is 2.29. The molecule has 20 heavy (non-hydrogen) atoms. The summed E-state index contributed by atoms with van der Waals surface area (Å²) in [7, 11) is 0. The van der Waals surface area contributed by atoms with Gasteiger partial charge in [-0.2, -0.15) is 4.39 Å². The Morgan fingerprint density at radius 2 is 1.90 bits per heavy atom. The van der Waals surface area contributed by atoms with E-state index in [9.17, 15) is 14.5 Å². The minimum absolute atomic E-state index is 0.112. The van der Waals surface area contributed by atoms with Gasteiger partial charge in [0.25, 0.3) is 0 Å². The fourth-order valence-electron chi connectivity index (χ4n) is 1.56. The van der Waals surface area contributed by atoms with E-state index < -0.39 is 16.4 Å². The SMILES string of the molecule is O=[N+]([O-])c1ccc(Oc2ccc(CO)c(Cl)c2)cc1F. The Hall–Kier alpha value is -2.18. The number of benzene rings is 2. The van der Waals surface area contributed by atoms with E-state index in [-0.39, 0.29) is 12.4 Å². The fourth-order valence-corrected chi connectivity index (χ4v) is 1.79. The predicted octanol–water partition coefficient (Wildman–Crippen LogP) is 3.67. The van der Waals surface area contributed by atoms with Gasteiger partial charge >= 0.3 is 5.69 Å². The van der Waals surface area contributed by atoms with Gasteiger partial charge < -0.3 is 9.84 Å². The molecule has 0 aliphatic rings. The molecule has 5 nitrogen and oxygen atoms in total. The van der Waals surface area contributed by atoms with Crippen molar-refractivity contribution in [2.24, 2.45) is 0 Å². The van der Waals surface area contributed by atoms with Crippen molar-refractivity contribution in [3.63, 3.8) is 0 Å². The topological polar surface area (TPSA) is 72.6 Å². The summed E-state index contributed by atoms with van der Waals surface area (Å²) in [6, 6.07) is 7.82. The van der Waals surface area contributed by atoms with Crippen LogP contribution in [0.4, 0.5) is 10.1 Å². The van der Waals surface area contributed by atoms with Crippen LogP contribution in [-0.2, 0) is 6.61 Å². The quantitative estimate of drug-likeness (QED) is 0.690. The summed E-state index contributed by atoms with van der Waals surface area (Å²) in [5, 5.41) is 19.8. The maximum absolute atomic E-state index is 13.4. The van der Waals surface area contributed by atoms with Crippen LogP contribution in [0.15, 0.2) is 36.4 Å². The molecule has 104 valence electrons. The van der Waals surface area contributed by atoms with Crippen molar-refractivity contribution in [3.05, 3.63) is 62.9 Å². The van der Waals surface area contributed by atoms with Gasteiger partial charge in [0.15, 0.2) is 0 Å². The average molecular weight is 298 g/mol. The minimum Gasteiger partial charge on any atom is -0.457 e. The molecule has 0 atom stereocenters. The van der Waals surface area contributed by atoms with E-state index in [1.807, 2.05) is 0 Å². The summed E-state index contributed by atoms with van der Waals surface area (Å²) >= 11 is 5.89. The molecule has 7 heteroatoms. The molecule has 0 saturated carbocycles. The van der Waals surface area contributed by atoms with Gasteiger partial charge in [-0.3, -0.25) is 10.1 Å². The lowest BCUT2D eigenvalue weighted by Gasteiger charge is -2.08. The predicted molar refractivity (Wildman–Crippen MR) is 70.5 cm³/mol. The van der Waals surface area contributed by atoms with E-state index in [2.05, 4.69) is 0 Å². The van der Waals surface area contributed by atoms with Gasteiger partial charge in [-0.05, 0) is 23.8 Å². The van der Waals surface area contributed by atoms with E-state index >= 15 is 0 Å². The van der Waals surface area contributed by atoms with Gasteiger partial charge in [0.1, 0.15) is 11.5 Å². The van der Waals surface area contributed by atoms with Crippen LogP contribution in [0.3, 0.4) is 0 Å². The second kappa shape index (κ2) is 5.85. The van der Waals surface area contributed by atoms with Crippen LogP contribution in [0.1, 0.15) is 5.56 Å². The summed E-state index contributed by atoms with van der Waals surface area (Å²) in [6.45, 7) is -0.203. The van der Waals surface area contributed by atoms with Crippen molar-refractivity contribution < 1.29 is 19.2 Å². The number of rotatable bonds is 4. The van der Waals surface area contributed by atoms with E-state index in [0.29, 0.717) is 16.3 Å². The van der Waals surface area contributed by atoms with E-state index in [1.165, 1.54) is 12.1 Å². The fraction of sp³-hybridized carbons (Fsp3) is 0.0769. The molecule has 0 aliphatic carbocycles. The van der Waals surface area contributed by atoms with Crippen LogP contribution in [-0.4, -0.2) is 10.0 Å². The highest BCUT2D eigenvalue weighted by atomic mass is 35.5. The Bertz CT molecular complexity index is 663. The molecule has 2 rings (SSSR count). The van der Waals surface area contributed by atoms with Crippen LogP contribution in [0.5, 0.6) is 11.5 Å². The first-order valence-electron chi connectivity index (χ1n) is 5.52. The van der Waals surface area contributed by atoms with Gasteiger partial charge in [-0.15, -0.1) is 0 Å². The zero-order valence-corrected chi connectivity index (χ0v) is 10.8. The Kier molecular flexibility index (Phi) is 4.16. The smallest absolute Gasteiger partial charge is 0.305 e. The molecule has 0 fully saturated rings. The Morgan fingerprint density at radius 3 is 2.45 bits per heavy atom. The normalized spacial score (nSPS) is 10.3. The number of nitro benzene ring substituents is 1. The molecule has 0 radical (unpaired) electrons. The van der Waals surface area contributed by atoms with Crippen LogP contribution in [0.2, 0.25) is 5.02 Å². The van der Waals surface area contributed by atoms with Gasteiger partial charge in [0, 0.05) is 17.2 Å². The Labute approximate surface area is 118 Å². The standard InChI is InChI=1S/C13H9ClFNO4/c14-11-5-9(2-1-8(11)7-17)20-10-3-4-13(16(18)19)12(15)6-10/h1-6,17H,7H2. The summed E-state index contributed by atoms with van der Waals surface area (Å²) in [5.41, 5.74) is -0.0834. The molecule has 1 N–H and O–H groups in total. The number of halogens is 2. The van der Waals surface area contributed by atoms with E-state index in [1.54, 1.807) is 12.1 Å². The van der Waals surface area contributed by atoms with Gasteiger partial charge in [-0.1, -0.05) is 17.7 Å². The molecule has 0 heterocycles. The summed E-state index contributed by atoms with van der Waals surface area (Å²) < 4.78 is 18.8. The second-order valence-electron chi connectivity index (χ2n) is 3.88. The first-order chi connectivity index (χ1) is 9.51. The zero-order chi connectivity index (χ0) is 14.7. The molecule has 0 unspecified atom stereocenters. The highest BCUT2D eigenvalue weighted by Gasteiger charge is 2.14. The van der Waals surface area contributed by atoms with E-state index in [0.717, 1.165) is 12.1 Å². The molecule has 0 aliphatic heterocycles. The number of ether oxygens (including phenoxy) is 1. The van der Waals surface area contributed by atoms with Crippen molar-refractivity contribution >= 4 is 17.3 Å². The van der Waals surface area contributed by atoms with Crippen LogP contribution >= 0.6 is 11.6 Å². The monoisotopic (exact) mass is 297 g/mol. The molecular weight excluding hydrogens is 289 g/mol. The van der Waals surface area contributed by atoms with Crippen molar-refractivity contribution in [1.82, 2.24) is 0 Å².